The minimum Gasteiger partial charge on any atom is -0.348 e. The molecule has 0 bridgehead atoms. The quantitative estimate of drug-likeness (QED) is 0.714. The average Bonchev–Trinajstić information content (AvgIpc) is 2.29. The zero-order valence-electron chi connectivity index (χ0n) is 10.8. The van der Waals surface area contributed by atoms with Crippen molar-refractivity contribution in [1.82, 2.24) is 4.90 Å². The van der Waals surface area contributed by atoms with Crippen LogP contribution in [0.2, 0.25) is 0 Å². The topological polar surface area (TPSA) is 20.3 Å². The fourth-order valence-corrected chi connectivity index (χ4v) is 2.64. The molecular formula is C15H21NO. The van der Waals surface area contributed by atoms with Crippen molar-refractivity contribution in [1.29, 1.82) is 0 Å². The maximum atomic E-state index is 10.6. The molecule has 1 aromatic rings. The number of hydrogen-bond acceptors (Lipinski definition) is 1. The molecular weight excluding hydrogens is 210 g/mol. The lowest BCUT2D eigenvalue weighted by molar-refractivity contribution is -0.117. The summed E-state index contributed by atoms with van der Waals surface area (Å²) in [6.07, 6.45) is 5.86. The smallest absolute Gasteiger partial charge is 0.209 e. The summed E-state index contributed by atoms with van der Waals surface area (Å²) in [7, 11) is 1.86. The van der Waals surface area contributed by atoms with Crippen LogP contribution in [-0.4, -0.2) is 24.9 Å². The van der Waals surface area contributed by atoms with Crippen molar-refractivity contribution >= 4 is 6.41 Å². The van der Waals surface area contributed by atoms with E-state index in [0.29, 0.717) is 5.41 Å². The van der Waals surface area contributed by atoms with E-state index in [2.05, 4.69) is 31.2 Å². The normalized spacial score (nSPS) is 17.3. The first-order valence-corrected chi connectivity index (χ1v) is 6.39. The van der Waals surface area contributed by atoms with Crippen molar-refractivity contribution in [3.63, 3.8) is 0 Å². The molecule has 17 heavy (non-hydrogen) atoms. The fraction of sp³-hybridized carbons (Fsp3) is 0.533. The van der Waals surface area contributed by atoms with Gasteiger partial charge in [-0.15, -0.1) is 0 Å². The largest absolute Gasteiger partial charge is 0.348 e. The Kier molecular flexibility index (Phi) is 3.51. The van der Waals surface area contributed by atoms with E-state index < -0.39 is 0 Å². The van der Waals surface area contributed by atoms with Crippen LogP contribution in [0.1, 0.15) is 36.8 Å². The summed E-state index contributed by atoms with van der Waals surface area (Å²) in [5.74, 6) is 0. The van der Waals surface area contributed by atoms with Crippen LogP contribution in [-0.2, 0) is 10.2 Å². The maximum absolute atomic E-state index is 10.6. The Labute approximate surface area is 104 Å². The predicted octanol–water partition coefficient (Wildman–Crippen LogP) is 2.90. The molecule has 1 aromatic carbocycles. The molecule has 0 unspecified atom stereocenters. The van der Waals surface area contributed by atoms with E-state index in [1.165, 1.54) is 30.4 Å². The first-order valence-electron chi connectivity index (χ1n) is 6.39. The Hall–Kier alpha value is -1.31. The molecule has 0 heterocycles. The SMILES string of the molecule is Cc1ccc(C2(CCN(C)C=O)CCC2)cc1. The van der Waals surface area contributed by atoms with Gasteiger partial charge in [-0.2, -0.15) is 0 Å². The van der Waals surface area contributed by atoms with Gasteiger partial charge in [0, 0.05) is 13.6 Å². The summed E-state index contributed by atoms with van der Waals surface area (Å²) in [5.41, 5.74) is 3.10. The molecule has 2 nitrogen and oxygen atoms in total. The Morgan fingerprint density at radius 2 is 1.94 bits per heavy atom. The van der Waals surface area contributed by atoms with E-state index in [-0.39, 0.29) is 0 Å². The molecule has 0 aromatic heterocycles. The second-order valence-corrected chi connectivity index (χ2v) is 5.34. The molecule has 0 atom stereocenters. The number of amides is 1. The second kappa shape index (κ2) is 4.91. The number of carbonyl (C=O) groups excluding carboxylic acids is 1. The molecule has 2 heteroatoms. The van der Waals surface area contributed by atoms with Crippen LogP contribution in [0.5, 0.6) is 0 Å². The summed E-state index contributed by atoms with van der Waals surface area (Å²) in [6.45, 7) is 2.98. The van der Waals surface area contributed by atoms with Crippen molar-refractivity contribution in [2.24, 2.45) is 0 Å². The second-order valence-electron chi connectivity index (χ2n) is 5.34. The number of nitrogens with zero attached hydrogens (tertiary/aromatic N) is 1. The van der Waals surface area contributed by atoms with Gasteiger partial charge in [0.2, 0.25) is 6.41 Å². The maximum Gasteiger partial charge on any atom is 0.209 e. The highest BCUT2D eigenvalue weighted by atomic mass is 16.1. The first-order chi connectivity index (χ1) is 8.16. The van der Waals surface area contributed by atoms with E-state index in [9.17, 15) is 4.79 Å². The van der Waals surface area contributed by atoms with Gasteiger partial charge in [0.25, 0.3) is 0 Å². The molecule has 1 aliphatic carbocycles. The van der Waals surface area contributed by atoms with E-state index in [4.69, 9.17) is 0 Å². The van der Waals surface area contributed by atoms with Crippen LogP contribution in [0.4, 0.5) is 0 Å². The molecule has 1 aliphatic rings. The molecule has 0 radical (unpaired) electrons. The molecule has 0 spiro atoms. The molecule has 0 saturated heterocycles. The minimum absolute atomic E-state index is 0.338. The third-order valence-electron chi connectivity index (χ3n) is 4.10. The van der Waals surface area contributed by atoms with Gasteiger partial charge < -0.3 is 4.90 Å². The van der Waals surface area contributed by atoms with Gasteiger partial charge in [-0.05, 0) is 37.2 Å². The Balaban J connectivity index is 2.08. The highest BCUT2D eigenvalue weighted by Gasteiger charge is 2.38. The summed E-state index contributed by atoms with van der Waals surface area (Å²) in [4.78, 5) is 12.4. The number of benzene rings is 1. The molecule has 92 valence electrons. The van der Waals surface area contributed by atoms with Gasteiger partial charge in [-0.3, -0.25) is 4.79 Å². The van der Waals surface area contributed by atoms with Crippen LogP contribution in [0, 0.1) is 6.92 Å². The van der Waals surface area contributed by atoms with Gasteiger partial charge in [-0.25, -0.2) is 0 Å². The zero-order valence-corrected chi connectivity index (χ0v) is 10.8. The van der Waals surface area contributed by atoms with E-state index in [1.807, 2.05) is 7.05 Å². The Morgan fingerprint density at radius 3 is 2.41 bits per heavy atom. The van der Waals surface area contributed by atoms with Crippen LogP contribution in [0.3, 0.4) is 0 Å². The van der Waals surface area contributed by atoms with E-state index >= 15 is 0 Å². The summed E-state index contributed by atoms with van der Waals surface area (Å²) < 4.78 is 0. The van der Waals surface area contributed by atoms with Gasteiger partial charge >= 0.3 is 0 Å². The van der Waals surface area contributed by atoms with E-state index in [1.54, 1.807) is 4.90 Å². The van der Waals surface area contributed by atoms with Crippen LogP contribution in [0.25, 0.3) is 0 Å². The molecule has 2 rings (SSSR count). The fourth-order valence-electron chi connectivity index (χ4n) is 2.64. The summed E-state index contributed by atoms with van der Waals surface area (Å²) in [6, 6.07) is 8.91. The van der Waals surface area contributed by atoms with Crippen LogP contribution in [0.15, 0.2) is 24.3 Å². The third kappa shape index (κ3) is 2.51. The monoisotopic (exact) mass is 231 g/mol. The van der Waals surface area contributed by atoms with Gasteiger partial charge in [0.1, 0.15) is 0 Å². The highest BCUT2D eigenvalue weighted by molar-refractivity contribution is 5.46. The first kappa shape index (κ1) is 12.2. The third-order valence-corrected chi connectivity index (χ3v) is 4.10. The lowest BCUT2D eigenvalue weighted by atomic mass is 9.62. The lowest BCUT2D eigenvalue weighted by Crippen LogP contribution is -2.37. The van der Waals surface area contributed by atoms with Crippen LogP contribution < -0.4 is 0 Å². The van der Waals surface area contributed by atoms with Crippen molar-refractivity contribution in [2.75, 3.05) is 13.6 Å². The lowest BCUT2D eigenvalue weighted by Gasteiger charge is -2.43. The molecule has 0 N–H and O–H groups in total. The summed E-state index contributed by atoms with van der Waals surface area (Å²) >= 11 is 0. The van der Waals surface area contributed by atoms with Crippen molar-refractivity contribution in [3.05, 3.63) is 35.4 Å². The number of rotatable bonds is 5. The molecule has 1 amide bonds. The predicted molar refractivity (Wildman–Crippen MR) is 70.0 cm³/mol. The van der Waals surface area contributed by atoms with Gasteiger partial charge in [-0.1, -0.05) is 36.2 Å². The number of hydrogen-bond donors (Lipinski definition) is 0. The molecule has 0 aliphatic heterocycles. The van der Waals surface area contributed by atoms with Gasteiger partial charge in [0.15, 0.2) is 0 Å². The summed E-state index contributed by atoms with van der Waals surface area (Å²) in [5, 5.41) is 0. The average molecular weight is 231 g/mol. The van der Waals surface area contributed by atoms with Crippen molar-refractivity contribution in [3.8, 4) is 0 Å². The Morgan fingerprint density at radius 1 is 1.29 bits per heavy atom. The standard InChI is InChI=1S/C15H21NO/c1-13-4-6-14(7-5-13)15(8-3-9-15)10-11-16(2)12-17/h4-7,12H,3,8-11H2,1-2H3. The Bertz CT molecular complexity index is 378. The number of aryl methyl sites for hydroxylation is 1. The van der Waals surface area contributed by atoms with Gasteiger partial charge in [0.05, 0.1) is 0 Å². The van der Waals surface area contributed by atoms with Crippen LogP contribution >= 0.6 is 0 Å². The number of carbonyl (C=O) groups is 1. The minimum atomic E-state index is 0.338. The highest BCUT2D eigenvalue weighted by Crippen LogP contribution is 2.46. The zero-order chi connectivity index (χ0) is 12.3. The van der Waals surface area contributed by atoms with Crippen molar-refractivity contribution < 1.29 is 4.79 Å². The van der Waals surface area contributed by atoms with E-state index in [0.717, 1.165) is 19.4 Å². The molecule has 1 fully saturated rings. The molecule has 1 saturated carbocycles. The van der Waals surface area contributed by atoms with Crippen molar-refractivity contribution in [2.45, 2.75) is 38.0 Å².